The maximum absolute atomic E-state index is 12.2. The standard InChI is InChI=1S/C16H21F3O/c1-20-15-8-6-14(7-9-15)13-4-2-12(3-5-13)10-11-16(17,18)19/h2-5,14-15H,6-11H2,1H3/t14-,15-. The lowest BCUT2D eigenvalue weighted by molar-refractivity contribution is -0.133. The molecule has 0 N–H and O–H groups in total. The van der Waals surface area contributed by atoms with Crippen molar-refractivity contribution in [2.24, 2.45) is 0 Å². The maximum atomic E-state index is 12.2. The quantitative estimate of drug-likeness (QED) is 0.768. The molecular formula is C16H21F3O. The molecule has 0 bridgehead atoms. The minimum Gasteiger partial charge on any atom is -0.381 e. The van der Waals surface area contributed by atoms with Gasteiger partial charge in [0.15, 0.2) is 0 Å². The molecule has 1 aromatic carbocycles. The van der Waals surface area contributed by atoms with Crippen LogP contribution in [0.1, 0.15) is 49.1 Å². The summed E-state index contributed by atoms with van der Waals surface area (Å²) < 4.78 is 41.9. The Morgan fingerprint density at radius 1 is 1.05 bits per heavy atom. The van der Waals surface area contributed by atoms with E-state index in [1.807, 2.05) is 24.3 Å². The number of ether oxygens (including phenoxy) is 1. The van der Waals surface area contributed by atoms with Crippen LogP contribution in [0.3, 0.4) is 0 Å². The molecule has 20 heavy (non-hydrogen) atoms. The Morgan fingerprint density at radius 3 is 2.15 bits per heavy atom. The van der Waals surface area contributed by atoms with Crippen LogP contribution in [0.2, 0.25) is 0 Å². The van der Waals surface area contributed by atoms with Gasteiger partial charge in [-0.15, -0.1) is 0 Å². The van der Waals surface area contributed by atoms with Gasteiger partial charge in [0.2, 0.25) is 0 Å². The summed E-state index contributed by atoms with van der Waals surface area (Å²) in [6, 6.07) is 7.65. The molecule has 4 heteroatoms. The van der Waals surface area contributed by atoms with Crippen LogP contribution in [0.25, 0.3) is 0 Å². The van der Waals surface area contributed by atoms with Gasteiger partial charge in [-0.05, 0) is 49.1 Å². The van der Waals surface area contributed by atoms with Gasteiger partial charge >= 0.3 is 6.18 Å². The summed E-state index contributed by atoms with van der Waals surface area (Å²) in [5, 5.41) is 0. The summed E-state index contributed by atoms with van der Waals surface area (Å²) in [7, 11) is 1.75. The molecule has 0 saturated heterocycles. The van der Waals surface area contributed by atoms with E-state index in [1.54, 1.807) is 7.11 Å². The largest absolute Gasteiger partial charge is 0.389 e. The SMILES string of the molecule is CO[C@H]1CC[C@H](c2ccc(CCC(F)(F)F)cc2)CC1. The average molecular weight is 286 g/mol. The van der Waals surface area contributed by atoms with Crippen LogP contribution in [-0.4, -0.2) is 19.4 Å². The van der Waals surface area contributed by atoms with Crippen molar-refractivity contribution < 1.29 is 17.9 Å². The van der Waals surface area contributed by atoms with Gasteiger partial charge < -0.3 is 4.74 Å². The average Bonchev–Trinajstić information content (AvgIpc) is 2.45. The third-order valence-corrected chi connectivity index (χ3v) is 4.16. The van der Waals surface area contributed by atoms with Gasteiger partial charge in [-0.3, -0.25) is 0 Å². The molecule has 0 spiro atoms. The zero-order valence-electron chi connectivity index (χ0n) is 11.7. The summed E-state index contributed by atoms with van der Waals surface area (Å²) in [5.41, 5.74) is 2.01. The molecule has 0 amide bonds. The van der Waals surface area contributed by atoms with Crippen LogP contribution in [0.15, 0.2) is 24.3 Å². The van der Waals surface area contributed by atoms with E-state index in [2.05, 4.69) is 0 Å². The normalized spacial score (nSPS) is 23.8. The van der Waals surface area contributed by atoms with E-state index >= 15 is 0 Å². The van der Waals surface area contributed by atoms with Crippen molar-refractivity contribution >= 4 is 0 Å². The fourth-order valence-corrected chi connectivity index (χ4v) is 2.87. The van der Waals surface area contributed by atoms with Crippen LogP contribution in [0.5, 0.6) is 0 Å². The Labute approximate surface area is 118 Å². The third kappa shape index (κ3) is 4.51. The first-order chi connectivity index (χ1) is 9.48. The van der Waals surface area contributed by atoms with Crippen molar-refractivity contribution in [3.8, 4) is 0 Å². The maximum Gasteiger partial charge on any atom is 0.389 e. The molecule has 1 nitrogen and oxygen atoms in total. The fourth-order valence-electron chi connectivity index (χ4n) is 2.87. The molecule has 1 fully saturated rings. The molecule has 1 saturated carbocycles. The third-order valence-electron chi connectivity index (χ3n) is 4.16. The topological polar surface area (TPSA) is 9.23 Å². The predicted molar refractivity (Wildman–Crippen MR) is 72.8 cm³/mol. The van der Waals surface area contributed by atoms with Crippen LogP contribution >= 0.6 is 0 Å². The highest BCUT2D eigenvalue weighted by atomic mass is 19.4. The van der Waals surface area contributed by atoms with Crippen molar-refractivity contribution in [1.29, 1.82) is 0 Å². The Bertz CT molecular complexity index is 403. The summed E-state index contributed by atoms with van der Waals surface area (Å²) in [6.45, 7) is 0. The molecule has 0 radical (unpaired) electrons. The number of rotatable bonds is 4. The van der Waals surface area contributed by atoms with Crippen molar-refractivity contribution in [1.82, 2.24) is 0 Å². The molecule has 1 aliphatic rings. The van der Waals surface area contributed by atoms with E-state index in [9.17, 15) is 13.2 Å². The first kappa shape index (κ1) is 15.4. The van der Waals surface area contributed by atoms with E-state index < -0.39 is 12.6 Å². The summed E-state index contributed by atoms with van der Waals surface area (Å²) in [4.78, 5) is 0. The van der Waals surface area contributed by atoms with Crippen molar-refractivity contribution in [2.45, 2.75) is 56.7 Å². The lowest BCUT2D eigenvalue weighted by atomic mass is 9.82. The molecule has 112 valence electrons. The monoisotopic (exact) mass is 286 g/mol. The molecule has 0 atom stereocenters. The Kier molecular flexibility index (Phi) is 5.08. The van der Waals surface area contributed by atoms with Crippen LogP contribution in [0, 0.1) is 0 Å². The number of methoxy groups -OCH3 is 1. The number of hydrogen-bond acceptors (Lipinski definition) is 1. The number of halogens is 3. The first-order valence-electron chi connectivity index (χ1n) is 7.16. The van der Waals surface area contributed by atoms with Gasteiger partial charge in [0.1, 0.15) is 0 Å². The minimum atomic E-state index is -4.07. The summed E-state index contributed by atoms with van der Waals surface area (Å²) >= 11 is 0. The molecule has 0 unspecified atom stereocenters. The zero-order chi connectivity index (χ0) is 14.6. The number of alkyl halides is 3. The lowest BCUT2D eigenvalue weighted by Crippen LogP contribution is -2.19. The second-order valence-electron chi connectivity index (χ2n) is 5.57. The summed E-state index contributed by atoms with van der Waals surface area (Å²) in [6.07, 6.45) is -0.0467. The van der Waals surface area contributed by atoms with E-state index in [0.717, 1.165) is 31.2 Å². The van der Waals surface area contributed by atoms with Crippen molar-refractivity contribution in [3.63, 3.8) is 0 Å². The number of benzene rings is 1. The van der Waals surface area contributed by atoms with Crippen molar-refractivity contribution in [2.75, 3.05) is 7.11 Å². The Morgan fingerprint density at radius 2 is 1.65 bits per heavy atom. The van der Waals surface area contributed by atoms with Gasteiger partial charge in [-0.25, -0.2) is 0 Å². The molecule has 0 heterocycles. The lowest BCUT2D eigenvalue weighted by Gasteiger charge is -2.27. The first-order valence-corrected chi connectivity index (χ1v) is 7.16. The molecule has 0 aliphatic heterocycles. The second-order valence-corrected chi connectivity index (χ2v) is 5.57. The molecule has 0 aromatic heterocycles. The highest BCUT2D eigenvalue weighted by Gasteiger charge is 2.26. The number of aryl methyl sites for hydroxylation is 1. The van der Waals surface area contributed by atoms with Gasteiger partial charge in [0.05, 0.1) is 6.10 Å². The van der Waals surface area contributed by atoms with Gasteiger partial charge in [-0.1, -0.05) is 24.3 Å². The van der Waals surface area contributed by atoms with Crippen LogP contribution < -0.4 is 0 Å². The minimum absolute atomic E-state index is 0.0696. The summed E-state index contributed by atoms with van der Waals surface area (Å²) in [5.74, 6) is 0.526. The van der Waals surface area contributed by atoms with Crippen LogP contribution in [0.4, 0.5) is 13.2 Å². The smallest absolute Gasteiger partial charge is 0.381 e. The highest BCUT2D eigenvalue weighted by molar-refractivity contribution is 5.26. The molecule has 1 aliphatic carbocycles. The molecular weight excluding hydrogens is 265 g/mol. The van der Waals surface area contributed by atoms with Crippen molar-refractivity contribution in [3.05, 3.63) is 35.4 Å². The zero-order valence-corrected chi connectivity index (χ0v) is 11.7. The predicted octanol–water partition coefficient (Wildman–Crippen LogP) is 4.85. The van der Waals surface area contributed by atoms with Gasteiger partial charge in [-0.2, -0.15) is 13.2 Å². The molecule has 2 rings (SSSR count). The highest BCUT2D eigenvalue weighted by Crippen LogP contribution is 2.34. The van der Waals surface area contributed by atoms with Gasteiger partial charge in [0, 0.05) is 13.5 Å². The second kappa shape index (κ2) is 6.61. The number of hydrogen-bond donors (Lipinski definition) is 0. The molecule has 1 aromatic rings. The van der Waals surface area contributed by atoms with E-state index in [4.69, 9.17) is 4.74 Å². The van der Waals surface area contributed by atoms with E-state index in [1.165, 1.54) is 5.56 Å². The van der Waals surface area contributed by atoms with Crippen LogP contribution in [-0.2, 0) is 11.2 Å². The Hall–Kier alpha value is -1.03. The van der Waals surface area contributed by atoms with Gasteiger partial charge in [0.25, 0.3) is 0 Å². The Balaban J connectivity index is 1.88. The fraction of sp³-hybridized carbons (Fsp3) is 0.625. The van der Waals surface area contributed by atoms with E-state index in [0.29, 0.717) is 12.0 Å². The van der Waals surface area contributed by atoms with E-state index in [-0.39, 0.29) is 6.42 Å².